The largest absolute Gasteiger partial charge is 0.309 e. The lowest BCUT2D eigenvalue weighted by Crippen LogP contribution is -2.00. The van der Waals surface area contributed by atoms with Crippen molar-refractivity contribution in [3.63, 3.8) is 0 Å². The van der Waals surface area contributed by atoms with Crippen molar-refractivity contribution < 1.29 is 0 Å². The average molecular weight is 733 g/mol. The number of benzene rings is 8. The molecule has 11 aromatic rings. The van der Waals surface area contributed by atoms with Gasteiger partial charge in [-0.15, -0.1) is 11.3 Å². The zero-order valence-electron chi connectivity index (χ0n) is 30.2. The molecule has 0 saturated carbocycles. The summed E-state index contributed by atoms with van der Waals surface area (Å²) in [4.78, 5) is 15.3. The van der Waals surface area contributed by atoms with E-state index < -0.39 is 0 Å². The fourth-order valence-corrected chi connectivity index (χ4v) is 9.25. The van der Waals surface area contributed by atoms with Crippen molar-refractivity contribution in [2.24, 2.45) is 0 Å². The molecular formula is C51H32N4S. The van der Waals surface area contributed by atoms with Gasteiger partial charge < -0.3 is 4.57 Å². The molecule has 0 N–H and O–H groups in total. The minimum atomic E-state index is 0.628. The molecule has 0 aliphatic heterocycles. The number of nitrogens with zero attached hydrogens (tertiary/aromatic N) is 4. The second-order valence-electron chi connectivity index (χ2n) is 14.0. The molecular weight excluding hydrogens is 701 g/mol. The summed E-state index contributed by atoms with van der Waals surface area (Å²) in [6.45, 7) is 0. The molecule has 5 heteroatoms. The SMILES string of the molecule is c1ccc(-c2ccc(-c3nc(-c4ccccc4)nc(-c4ccc5c6cccc(-c7cccc8c7sc7ccccc78)c6n(-c6ccccc6)c5c4)n3)cc2)cc1. The number of aromatic nitrogens is 4. The van der Waals surface area contributed by atoms with Crippen molar-refractivity contribution in [2.75, 3.05) is 0 Å². The molecule has 0 aliphatic carbocycles. The Morgan fingerprint density at radius 2 is 0.875 bits per heavy atom. The topological polar surface area (TPSA) is 43.6 Å². The van der Waals surface area contributed by atoms with Crippen LogP contribution < -0.4 is 0 Å². The highest BCUT2D eigenvalue weighted by molar-refractivity contribution is 7.26. The summed E-state index contributed by atoms with van der Waals surface area (Å²) < 4.78 is 5.02. The molecule has 4 nitrogen and oxygen atoms in total. The Hall–Kier alpha value is -7.21. The number of hydrogen-bond acceptors (Lipinski definition) is 4. The molecule has 0 saturated heterocycles. The average Bonchev–Trinajstić information content (AvgIpc) is 3.83. The Morgan fingerprint density at radius 1 is 0.357 bits per heavy atom. The zero-order valence-corrected chi connectivity index (χ0v) is 31.0. The van der Waals surface area contributed by atoms with Crippen molar-refractivity contribution in [2.45, 2.75) is 0 Å². The highest BCUT2D eigenvalue weighted by Gasteiger charge is 2.21. The highest BCUT2D eigenvalue weighted by Crippen LogP contribution is 2.44. The van der Waals surface area contributed by atoms with Crippen LogP contribution in [0.5, 0.6) is 0 Å². The lowest BCUT2D eigenvalue weighted by molar-refractivity contribution is 1.07. The Kier molecular flexibility index (Phi) is 7.64. The zero-order chi connectivity index (χ0) is 37.0. The van der Waals surface area contributed by atoms with E-state index in [4.69, 9.17) is 15.0 Å². The Bertz CT molecular complexity index is 3220. The first-order chi connectivity index (χ1) is 27.8. The summed E-state index contributed by atoms with van der Waals surface area (Å²) in [7, 11) is 0. The van der Waals surface area contributed by atoms with E-state index in [0.717, 1.165) is 33.5 Å². The quantitative estimate of drug-likeness (QED) is 0.171. The van der Waals surface area contributed by atoms with Crippen molar-refractivity contribution in [1.29, 1.82) is 0 Å². The number of hydrogen-bond donors (Lipinski definition) is 0. The molecule has 262 valence electrons. The maximum absolute atomic E-state index is 5.15. The minimum absolute atomic E-state index is 0.628. The molecule has 0 fully saturated rings. The van der Waals surface area contributed by atoms with E-state index in [-0.39, 0.29) is 0 Å². The summed E-state index contributed by atoms with van der Waals surface area (Å²) in [6, 6.07) is 68.5. The molecule has 56 heavy (non-hydrogen) atoms. The molecule has 3 aromatic heterocycles. The summed E-state index contributed by atoms with van der Waals surface area (Å²) in [5.41, 5.74) is 10.9. The normalized spacial score (nSPS) is 11.6. The molecule has 0 bridgehead atoms. The molecule has 0 unspecified atom stereocenters. The molecule has 8 aromatic carbocycles. The molecule has 3 heterocycles. The van der Waals surface area contributed by atoms with Gasteiger partial charge in [-0.2, -0.15) is 0 Å². The first kappa shape index (κ1) is 32.2. The van der Waals surface area contributed by atoms with Crippen molar-refractivity contribution >= 4 is 53.3 Å². The van der Waals surface area contributed by atoms with E-state index in [2.05, 4.69) is 174 Å². The van der Waals surface area contributed by atoms with Gasteiger partial charge in [-0.3, -0.25) is 0 Å². The third-order valence-corrected chi connectivity index (χ3v) is 11.9. The maximum atomic E-state index is 5.15. The van der Waals surface area contributed by atoms with E-state index in [9.17, 15) is 0 Å². The molecule has 0 aliphatic rings. The number of rotatable bonds is 6. The lowest BCUT2D eigenvalue weighted by Gasteiger charge is -2.13. The molecule has 0 radical (unpaired) electrons. The number of para-hydroxylation sites is 2. The van der Waals surface area contributed by atoms with Gasteiger partial charge in [0.05, 0.1) is 11.0 Å². The van der Waals surface area contributed by atoms with Crippen LogP contribution in [0.25, 0.3) is 104 Å². The Balaban J connectivity index is 1.13. The van der Waals surface area contributed by atoms with E-state index >= 15 is 0 Å². The van der Waals surface area contributed by atoms with Crippen molar-refractivity contribution in [3.8, 4) is 62.1 Å². The highest BCUT2D eigenvalue weighted by atomic mass is 32.1. The summed E-state index contributed by atoms with van der Waals surface area (Å²) in [5, 5.41) is 4.96. The molecule has 0 atom stereocenters. The fraction of sp³-hybridized carbons (Fsp3) is 0. The summed E-state index contributed by atoms with van der Waals surface area (Å²) in [6.07, 6.45) is 0. The molecule has 0 spiro atoms. The summed E-state index contributed by atoms with van der Waals surface area (Å²) in [5.74, 6) is 1.90. The second-order valence-corrected chi connectivity index (χ2v) is 15.1. The first-order valence-corrected chi connectivity index (χ1v) is 19.6. The third kappa shape index (κ3) is 5.40. The van der Waals surface area contributed by atoms with Crippen LogP contribution in [-0.2, 0) is 0 Å². The molecule has 0 amide bonds. The van der Waals surface area contributed by atoms with Gasteiger partial charge in [0.2, 0.25) is 0 Å². The van der Waals surface area contributed by atoms with Crippen molar-refractivity contribution in [1.82, 2.24) is 19.5 Å². The number of thiophene rings is 1. The van der Waals surface area contributed by atoms with Crippen LogP contribution in [-0.4, -0.2) is 19.5 Å². The van der Waals surface area contributed by atoms with Gasteiger partial charge in [-0.05, 0) is 35.4 Å². The van der Waals surface area contributed by atoms with E-state index in [0.29, 0.717) is 17.5 Å². The van der Waals surface area contributed by atoms with Gasteiger partial charge >= 0.3 is 0 Å². The number of fused-ring (bicyclic) bond motifs is 6. The standard InChI is InChI=1S/C51H32N4S/c1-4-14-33(15-5-1)34-26-28-36(29-27-34)50-52-49(35-16-6-2-7-17-35)53-51(54-50)37-30-31-39-41-21-12-22-42(47(41)55(45(39)32-37)38-18-8-3-9-19-38)44-24-13-23-43-40-20-10-11-25-46(40)56-48(43)44/h1-32H. The van der Waals surface area contributed by atoms with E-state index in [1.165, 1.54) is 53.2 Å². The van der Waals surface area contributed by atoms with Crippen LogP contribution in [0.1, 0.15) is 0 Å². The Labute approximate surface area is 327 Å². The third-order valence-electron chi connectivity index (χ3n) is 10.7. The lowest BCUT2D eigenvalue weighted by atomic mass is 9.99. The van der Waals surface area contributed by atoms with Crippen LogP contribution >= 0.6 is 11.3 Å². The van der Waals surface area contributed by atoms with Crippen LogP contribution in [0.15, 0.2) is 194 Å². The van der Waals surface area contributed by atoms with Gasteiger partial charge in [-0.25, -0.2) is 15.0 Å². The van der Waals surface area contributed by atoms with Crippen LogP contribution in [0.3, 0.4) is 0 Å². The monoisotopic (exact) mass is 732 g/mol. The smallest absolute Gasteiger partial charge is 0.164 e. The van der Waals surface area contributed by atoms with Gasteiger partial charge in [0.15, 0.2) is 17.5 Å². The van der Waals surface area contributed by atoms with Gasteiger partial charge in [0.1, 0.15) is 0 Å². The summed E-state index contributed by atoms with van der Waals surface area (Å²) >= 11 is 1.87. The predicted octanol–water partition coefficient (Wildman–Crippen LogP) is 13.7. The second kappa shape index (κ2) is 13.3. The van der Waals surface area contributed by atoms with Crippen LogP contribution in [0.2, 0.25) is 0 Å². The first-order valence-electron chi connectivity index (χ1n) is 18.8. The Morgan fingerprint density at radius 3 is 1.61 bits per heavy atom. The maximum Gasteiger partial charge on any atom is 0.164 e. The fourth-order valence-electron chi connectivity index (χ4n) is 8.02. The van der Waals surface area contributed by atoms with Crippen molar-refractivity contribution in [3.05, 3.63) is 194 Å². The molecule has 11 rings (SSSR count). The van der Waals surface area contributed by atoms with Gasteiger partial charge in [0.25, 0.3) is 0 Å². The van der Waals surface area contributed by atoms with Gasteiger partial charge in [-0.1, -0.05) is 170 Å². The van der Waals surface area contributed by atoms with Crippen LogP contribution in [0, 0.1) is 0 Å². The van der Waals surface area contributed by atoms with E-state index in [1.54, 1.807) is 0 Å². The van der Waals surface area contributed by atoms with Crippen LogP contribution in [0.4, 0.5) is 0 Å². The van der Waals surface area contributed by atoms with E-state index in [1.807, 2.05) is 35.6 Å². The minimum Gasteiger partial charge on any atom is -0.309 e. The van der Waals surface area contributed by atoms with Gasteiger partial charge in [0, 0.05) is 64.4 Å². The predicted molar refractivity (Wildman–Crippen MR) is 234 cm³/mol.